The quantitative estimate of drug-likeness (QED) is 0.915. The minimum atomic E-state index is -4.36. The molecular formula is C10H12F3NO2S. The molecule has 1 unspecified atom stereocenters. The summed E-state index contributed by atoms with van der Waals surface area (Å²) in [5.74, 6) is 0. The molecule has 17 heavy (non-hydrogen) atoms. The summed E-state index contributed by atoms with van der Waals surface area (Å²) in [6.07, 6.45) is -4.62. The van der Waals surface area contributed by atoms with Gasteiger partial charge in [-0.25, -0.2) is 0 Å². The first-order valence-corrected chi connectivity index (χ1v) is 6.05. The summed E-state index contributed by atoms with van der Waals surface area (Å²) in [5, 5.41) is 2.51. The van der Waals surface area contributed by atoms with Gasteiger partial charge in [-0.2, -0.15) is 24.5 Å². The van der Waals surface area contributed by atoms with Crippen LogP contribution in [0.3, 0.4) is 0 Å². The summed E-state index contributed by atoms with van der Waals surface area (Å²) in [4.78, 5) is 0. The number of thiophene rings is 1. The molecule has 0 saturated carbocycles. The van der Waals surface area contributed by atoms with Crippen molar-refractivity contribution in [2.24, 2.45) is 5.73 Å². The Labute approximate surface area is 100 Å². The number of halogens is 3. The first kappa shape index (κ1) is 12.8. The molecule has 1 aromatic rings. The summed E-state index contributed by atoms with van der Waals surface area (Å²) < 4.78 is 48.3. The first-order valence-electron chi connectivity index (χ1n) is 5.10. The number of rotatable bonds is 3. The van der Waals surface area contributed by atoms with E-state index in [0.29, 0.717) is 13.2 Å². The Kier molecular flexibility index (Phi) is 3.72. The Morgan fingerprint density at radius 3 is 2.59 bits per heavy atom. The van der Waals surface area contributed by atoms with Crippen molar-refractivity contribution in [3.8, 4) is 0 Å². The van der Waals surface area contributed by atoms with Gasteiger partial charge in [0.05, 0.1) is 18.8 Å². The van der Waals surface area contributed by atoms with Gasteiger partial charge in [-0.3, -0.25) is 0 Å². The van der Waals surface area contributed by atoms with Crippen molar-refractivity contribution in [1.82, 2.24) is 0 Å². The molecule has 0 amide bonds. The Balaban J connectivity index is 2.08. The standard InChI is InChI=1S/C10H12F3NO2S/c11-10(12,13)7-5-17-4-6(7)8(14)3-9-15-1-2-16-9/h4-5,8-9H,1-3,14H2. The molecule has 3 nitrogen and oxygen atoms in total. The molecule has 1 aromatic heterocycles. The molecule has 0 aromatic carbocycles. The number of hydrogen-bond donors (Lipinski definition) is 1. The molecule has 2 heterocycles. The lowest BCUT2D eigenvalue weighted by atomic mass is 10.0. The van der Waals surface area contributed by atoms with E-state index in [0.717, 1.165) is 16.7 Å². The van der Waals surface area contributed by atoms with Gasteiger partial charge in [0.15, 0.2) is 6.29 Å². The number of nitrogens with two attached hydrogens (primary N) is 1. The fourth-order valence-corrected chi connectivity index (χ4v) is 2.62. The van der Waals surface area contributed by atoms with Crippen LogP contribution in [0.4, 0.5) is 13.2 Å². The van der Waals surface area contributed by atoms with E-state index in [1.165, 1.54) is 5.38 Å². The monoisotopic (exact) mass is 267 g/mol. The Bertz CT molecular complexity index is 374. The fourth-order valence-electron chi connectivity index (χ4n) is 1.70. The first-order chi connectivity index (χ1) is 7.98. The van der Waals surface area contributed by atoms with Gasteiger partial charge >= 0.3 is 6.18 Å². The molecule has 1 fully saturated rings. The maximum atomic E-state index is 12.6. The second-order valence-electron chi connectivity index (χ2n) is 3.75. The third-order valence-corrected chi connectivity index (χ3v) is 3.30. The normalized spacial score (nSPS) is 19.8. The Morgan fingerprint density at radius 2 is 2.00 bits per heavy atom. The molecule has 7 heteroatoms. The second kappa shape index (κ2) is 4.93. The van der Waals surface area contributed by atoms with Gasteiger partial charge in [-0.05, 0) is 10.9 Å². The van der Waals surface area contributed by atoms with Gasteiger partial charge in [0, 0.05) is 17.8 Å². The fraction of sp³-hybridized carbons (Fsp3) is 0.600. The highest BCUT2D eigenvalue weighted by Gasteiger charge is 2.36. The zero-order chi connectivity index (χ0) is 12.5. The van der Waals surface area contributed by atoms with Crippen molar-refractivity contribution in [3.63, 3.8) is 0 Å². The number of alkyl halides is 3. The Morgan fingerprint density at radius 1 is 1.35 bits per heavy atom. The van der Waals surface area contributed by atoms with E-state index in [-0.39, 0.29) is 12.0 Å². The summed E-state index contributed by atoms with van der Waals surface area (Å²) in [6, 6.07) is -0.721. The smallest absolute Gasteiger partial charge is 0.350 e. The Hall–Kier alpha value is -0.630. The van der Waals surface area contributed by atoms with E-state index < -0.39 is 24.1 Å². The lowest BCUT2D eigenvalue weighted by Crippen LogP contribution is -2.21. The van der Waals surface area contributed by atoms with Crippen molar-refractivity contribution in [3.05, 3.63) is 21.9 Å². The SMILES string of the molecule is NC(CC1OCCO1)c1cscc1C(F)(F)F. The predicted octanol–water partition coefficient (Wildman–Crippen LogP) is 2.53. The van der Waals surface area contributed by atoms with Crippen LogP contribution < -0.4 is 5.73 Å². The summed E-state index contributed by atoms with van der Waals surface area (Å²) in [6.45, 7) is 0.931. The van der Waals surface area contributed by atoms with Gasteiger partial charge < -0.3 is 15.2 Å². The van der Waals surface area contributed by atoms with Crippen molar-refractivity contribution >= 4 is 11.3 Å². The van der Waals surface area contributed by atoms with Crippen molar-refractivity contribution in [1.29, 1.82) is 0 Å². The average molecular weight is 267 g/mol. The minimum Gasteiger partial charge on any atom is -0.350 e. The molecule has 1 aliphatic rings. The molecule has 0 spiro atoms. The molecular weight excluding hydrogens is 255 g/mol. The molecule has 1 saturated heterocycles. The predicted molar refractivity (Wildman–Crippen MR) is 56.6 cm³/mol. The molecule has 1 aliphatic heterocycles. The highest BCUT2D eigenvalue weighted by molar-refractivity contribution is 7.08. The van der Waals surface area contributed by atoms with E-state index in [9.17, 15) is 13.2 Å². The van der Waals surface area contributed by atoms with Crippen molar-refractivity contribution in [2.45, 2.75) is 24.9 Å². The van der Waals surface area contributed by atoms with Crippen LogP contribution in [-0.2, 0) is 15.7 Å². The van der Waals surface area contributed by atoms with Gasteiger partial charge in [0.1, 0.15) is 0 Å². The second-order valence-corrected chi connectivity index (χ2v) is 4.50. The van der Waals surface area contributed by atoms with Gasteiger partial charge in [0.2, 0.25) is 0 Å². The molecule has 96 valence electrons. The zero-order valence-corrected chi connectivity index (χ0v) is 9.68. The maximum absolute atomic E-state index is 12.6. The highest BCUT2D eigenvalue weighted by atomic mass is 32.1. The topological polar surface area (TPSA) is 44.5 Å². The summed E-state index contributed by atoms with van der Waals surface area (Å²) in [7, 11) is 0. The number of hydrogen-bond acceptors (Lipinski definition) is 4. The molecule has 0 aliphatic carbocycles. The van der Waals surface area contributed by atoms with Crippen LogP contribution in [-0.4, -0.2) is 19.5 Å². The van der Waals surface area contributed by atoms with Crippen LogP contribution in [0, 0.1) is 0 Å². The van der Waals surface area contributed by atoms with E-state index >= 15 is 0 Å². The van der Waals surface area contributed by atoms with E-state index in [1.807, 2.05) is 0 Å². The van der Waals surface area contributed by atoms with Crippen LogP contribution >= 0.6 is 11.3 Å². The molecule has 1 atom stereocenters. The van der Waals surface area contributed by atoms with Gasteiger partial charge in [0.25, 0.3) is 0 Å². The van der Waals surface area contributed by atoms with Crippen LogP contribution in [0.15, 0.2) is 10.8 Å². The molecule has 2 N–H and O–H groups in total. The van der Waals surface area contributed by atoms with Crippen molar-refractivity contribution in [2.75, 3.05) is 13.2 Å². The highest BCUT2D eigenvalue weighted by Crippen LogP contribution is 2.37. The zero-order valence-electron chi connectivity index (χ0n) is 8.87. The van der Waals surface area contributed by atoms with E-state index in [4.69, 9.17) is 15.2 Å². The van der Waals surface area contributed by atoms with Crippen LogP contribution in [0.25, 0.3) is 0 Å². The van der Waals surface area contributed by atoms with Crippen molar-refractivity contribution < 1.29 is 22.6 Å². The summed E-state index contributed by atoms with van der Waals surface area (Å²) >= 11 is 0.998. The third-order valence-electron chi connectivity index (χ3n) is 2.53. The van der Waals surface area contributed by atoms with E-state index in [2.05, 4.69) is 0 Å². The van der Waals surface area contributed by atoms with Gasteiger partial charge in [-0.15, -0.1) is 0 Å². The van der Waals surface area contributed by atoms with Crippen LogP contribution in [0.2, 0.25) is 0 Å². The molecule has 0 radical (unpaired) electrons. The maximum Gasteiger partial charge on any atom is 0.417 e. The van der Waals surface area contributed by atoms with E-state index in [1.54, 1.807) is 0 Å². The average Bonchev–Trinajstić information content (AvgIpc) is 2.85. The third kappa shape index (κ3) is 2.98. The molecule has 2 rings (SSSR count). The lowest BCUT2D eigenvalue weighted by molar-refractivity contribution is -0.138. The lowest BCUT2D eigenvalue weighted by Gasteiger charge is -2.17. The largest absolute Gasteiger partial charge is 0.417 e. The van der Waals surface area contributed by atoms with Gasteiger partial charge in [-0.1, -0.05) is 0 Å². The molecule has 0 bridgehead atoms. The summed E-state index contributed by atoms with van der Waals surface area (Å²) in [5.41, 5.74) is 5.22. The van der Waals surface area contributed by atoms with Crippen LogP contribution in [0.5, 0.6) is 0 Å². The van der Waals surface area contributed by atoms with Crippen LogP contribution in [0.1, 0.15) is 23.6 Å². The minimum absolute atomic E-state index is 0.113. The number of ether oxygens (including phenoxy) is 2.